The standard InChI is InChI=1S/C12H9ClN2O3/c1-7-5-14-12(15-6-7)18-10-3-2-8(13)4-9(10)11(16)17/h2-6H,1H3,(H,16,17). The first-order chi connectivity index (χ1) is 8.56. The second-order valence-corrected chi connectivity index (χ2v) is 4.03. The molecule has 0 aliphatic carbocycles. The maximum absolute atomic E-state index is 11.0. The molecule has 0 amide bonds. The number of halogens is 1. The second-order valence-electron chi connectivity index (χ2n) is 3.59. The van der Waals surface area contributed by atoms with Gasteiger partial charge in [0.2, 0.25) is 0 Å². The number of ether oxygens (including phenoxy) is 1. The number of benzene rings is 1. The highest BCUT2D eigenvalue weighted by molar-refractivity contribution is 6.31. The van der Waals surface area contributed by atoms with Gasteiger partial charge in [0.1, 0.15) is 11.3 Å². The summed E-state index contributed by atoms with van der Waals surface area (Å²) in [5, 5.41) is 9.36. The molecule has 18 heavy (non-hydrogen) atoms. The Bertz CT molecular complexity index is 584. The average molecular weight is 265 g/mol. The Hall–Kier alpha value is -2.14. The fourth-order valence-electron chi connectivity index (χ4n) is 1.29. The van der Waals surface area contributed by atoms with E-state index in [1.807, 2.05) is 6.92 Å². The normalized spacial score (nSPS) is 10.1. The quantitative estimate of drug-likeness (QED) is 0.923. The van der Waals surface area contributed by atoms with Gasteiger partial charge in [0.25, 0.3) is 0 Å². The predicted octanol–water partition coefficient (Wildman–Crippen LogP) is 2.93. The van der Waals surface area contributed by atoms with Crippen LogP contribution in [0.3, 0.4) is 0 Å². The lowest BCUT2D eigenvalue weighted by molar-refractivity contribution is 0.0694. The van der Waals surface area contributed by atoms with E-state index in [2.05, 4.69) is 9.97 Å². The molecule has 2 aromatic rings. The van der Waals surface area contributed by atoms with E-state index in [9.17, 15) is 4.79 Å². The Labute approximate surface area is 108 Å². The van der Waals surface area contributed by atoms with Gasteiger partial charge in [-0.15, -0.1) is 0 Å². The Morgan fingerprint density at radius 3 is 2.61 bits per heavy atom. The molecule has 1 aromatic heterocycles. The maximum Gasteiger partial charge on any atom is 0.339 e. The Morgan fingerprint density at radius 1 is 1.33 bits per heavy atom. The zero-order chi connectivity index (χ0) is 13.1. The summed E-state index contributed by atoms with van der Waals surface area (Å²) in [7, 11) is 0. The van der Waals surface area contributed by atoms with Crippen molar-refractivity contribution in [2.75, 3.05) is 0 Å². The lowest BCUT2D eigenvalue weighted by Gasteiger charge is -2.07. The maximum atomic E-state index is 11.0. The van der Waals surface area contributed by atoms with Crippen LogP contribution in [0.2, 0.25) is 5.02 Å². The van der Waals surface area contributed by atoms with Crippen LogP contribution in [-0.4, -0.2) is 21.0 Å². The molecule has 0 saturated heterocycles. The number of carboxylic acids is 1. The third kappa shape index (κ3) is 2.75. The van der Waals surface area contributed by atoms with E-state index in [1.54, 1.807) is 12.4 Å². The van der Waals surface area contributed by atoms with Gasteiger partial charge in [-0.25, -0.2) is 14.8 Å². The number of carbonyl (C=O) groups is 1. The van der Waals surface area contributed by atoms with Crippen molar-refractivity contribution in [3.05, 3.63) is 46.7 Å². The molecular formula is C12H9ClN2O3. The van der Waals surface area contributed by atoms with Crippen molar-refractivity contribution in [1.29, 1.82) is 0 Å². The Kier molecular flexibility index (Phi) is 3.43. The molecule has 0 aliphatic heterocycles. The number of aromatic carboxylic acids is 1. The molecule has 1 aromatic carbocycles. The molecule has 0 saturated carbocycles. The van der Waals surface area contributed by atoms with E-state index in [1.165, 1.54) is 18.2 Å². The summed E-state index contributed by atoms with van der Waals surface area (Å²) in [6.45, 7) is 1.84. The lowest BCUT2D eigenvalue weighted by atomic mass is 10.2. The van der Waals surface area contributed by atoms with Crippen molar-refractivity contribution in [1.82, 2.24) is 9.97 Å². The fourth-order valence-corrected chi connectivity index (χ4v) is 1.46. The van der Waals surface area contributed by atoms with Crippen molar-refractivity contribution in [3.63, 3.8) is 0 Å². The van der Waals surface area contributed by atoms with Gasteiger partial charge in [0.15, 0.2) is 0 Å². The zero-order valence-electron chi connectivity index (χ0n) is 9.42. The van der Waals surface area contributed by atoms with Gasteiger partial charge in [-0.2, -0.15) is 0 Å². The number of aromatic nitrogens is 2. The molecule has 5 nitrogen and oxygen atoms in total. The minimum Gasteiger partial charge on any atom is -0.478 e. The highest BCUT2D eigenvalue weighted by Gasteiger charge is 2.13. The topological polar surface area (TPSA) is 72.3 Å². The molecule has 0 aliphatic rings. The van der Waals surface area contributed by atoms with Crippen molar-refractivity contribution in [3.8, 4) is 11.8 Å². The van der Waals surface area contributed by atoms with Crippen molar-refractivity contribution in [2.45, 2.75) is 6.92 Å². The molecule has 0 bridgehead atoms. The van der Waals surface area contributed by atoms with E-state index in [0.29, 0.717) is 5.02 Å². The zero-order valence-corrected chi connectivity index (χ0v) is 10.2. The molecule has 0 atom stereocenters. The van der Waals surface area contributed by atoms with E-state index < -0.39 is 5.97 Å². The van der Waals surface area contributed by atoms with Crippen LogP contribution in [0.25, 0.3) is 0 Å². The highest BCUT2D eigenvalue weighted by Crippen LogP contribution is 2.26. The molecule has 1 heterocycles. The van der Waals surface area contributed by atoms with Gasteiger partial charge in [-0.1, -0.05) is 11.6 Å². The van der Waals surface area contributed by atoms with Crippen LogP contribution in [0.4, 0.5) is 0 Å². The van der Waals surface area contributed by atoms with Crippen LogP contribution in [-0.2, 0) is 0 Å². The molecular weight excluding hydrogens is 256 g/mol. The third-order valence-electron chi connectivity index (χ3n) is 2.13. The van der Waals surface area contributed by atoms with Crippen molar-refractivity contribution in [2.24, 2.45) is 0 Å². The summed E-state index contributed by atoms with van der Waals surface area (Å²) in [6, 6.07) is 4.41. The number of carboxylic acid groups (broad SMARTS) is 1. The van der Waals surface area contributed by atoms with Gasteiger partial charge in [0, 0.05) is 17.4 Å². The Morgan fingerprint density at radius 2 is 2.00 bits per heavy atom. The van der Waals surface area contributed by atoms with Crippen LogP contribution in [0, 0.1) is 6.92 Å². The van der Waals surface area contributed by atoms with Crippen LogP contribution in [0.15, 0.2) is 30.6 Å². The molecule has 0 unspecified atom stereocenters. The summed E-state index contributed by atoms with van der Waals surface area (Å²) in [6.07, 6.45) is 3.16. The van der Waals surface area contributed by atoms with E-state index in [4.69, 9.17) is 21.4 Å². The summed E-state index contributed by atoms with van der Waals surface area (Å²) in [5.74, 6) is -0.977. The minimum atomic E-state index is -1.13. The van der Waals surface area contributed by atoms with Crippen LogP contribution >= 0.6 is 11.6 Å². The first-order valence-electron chi connectivity index (χ1n) is 5.05. The molecule has 0 radical (unpaired) electrons. The molecule has 2 rings (SSSR count). The molecule has 6 heteroatoms. The van der Waals surface area contributed by atoms with Crippen LogP contribution < -0.4 is 4.74 Å². The van der Waals surface area contributed by atoms with E-state index in [-0.39, 0.29) is 17.3 Å². The van der Waals surface area contributed by atoms with Crippen molar-refractivity contribution >= 4 is 17.6 Å². The number of aryl methyl sites for hydroxylation is 1. The SMILES string of the molecule is Cc1cnc(Oc2ccc(Cl)cc2C(=O)O)nc1. The number of hydrogen-bond donors (Lipinski definition) is 1. The molecule has 1 N–H and O–H groups in total. The molecule has 92 valence electrons. The number of nitrogens with zero attached hydrogens (tertiary/aromatic N) is 2. The smallest absolute Gasteiger partial charge is 0.339 e. The van der Waals surface area contributed by atoms with Gasteiger partial charge in [-0.3, -0.25) is 0 Å². The van der Waals surface area contributed by atoms with Gasteiger partial charge in [-0.05, 0) is 30.7 Å². The van der Waals surface area contributed by atoms with Gasteiger partial charge >= 0.3 is 12.0 Å². The fraction of sp³-hybridized carbons (Fsp3) is 0.0833. The van der Waals surface area contributed by atoms with E-state index >= 15 is 0 Å². The first-order valence-corrected chi connectivity index (χ1v) is 5.43. The number of rotatable bonds is 3. The van der Waals surface area contributed by atoms with E-state index in [0.717, 1.165) is 5.56 Å². The Balaban J connectivity index is 2.34. The summed E-state index contributed by atoms with van der Waals surface area (Å²) in [5.41, 5.74) is 0.851. The average Bonchev–Trinajstić information content (AvgIpc) is 2.34. The van der Waals surface area contributed by atoms with Crippen LogP contribution in [0.5, 0.6) is 11.8 Å². The highest BCUT2D eigenvalue weighted by atomic mass is 35.5. The summed E-state index contributed by atoms with van der Waals surface area (Å²) in [4.78, 5) is 18.9. The van der Waals surface area contributed by atoms with Gasteiger partial charge in [0.05, 0.1) is 0 Å². The predicted molar refractivity (Wildman–Crippen MR) is 65.3 cm³/mol. The number of hydrogen-bond acceptors (Lipinski definition) is 4. The molecule has 0 fully saturated rings. The van der Waals surface area contributed by atoms with Crippen LogP contribution in [0.1, 0.15) is 15.9 Å². The van der Waals surface area contributed by atoms with Gasteiger partial charge < -0.3 is 9.84 Å². The molecule has 0 spiro atoms. The lowest BCUT2D eigenvalue weighted by Crippen LogP contribution is -2.01. The van der Waals surface area contributed by atoms with Crippen molar-refractivity contribution < 1.29 is 14.6 Å². The monoisotopic (exact) mass is 264 g/mol. The minimum absolute atomic E-state index is 0.0355. The summed E-state index contributed by atoms with van der Waals surface area (Å²) < 4.78 is 5.32. The third-order valence-corrected chi connectivity index (χ3v) is 2.37. The largest absolute Gasteiger partial charge is 0.478 e. The first kappa shape index (κ1) is 12.3. The summed E-state index contributed by atoms with van der Waals surface area (Å²) >= 11 is 5.73. The second kappa shape index (κ2) is 5.01.